The van der Waals surface area contributed by atoms with Crippen LogP contribution in [0.3, 0.4) is 0 Å². The first kappa shape index (κ1) is 15.4. The highest BCUT2D eigenvalue weighted by atomic mass is 19.1. The number of halogens is 1. The van der Waals surface area contributed by atoms with Crippen LogP contribution < -0.4 is 10.1 Å². The van der Waals surface area contributed by atoms with Crippen LogP contribution in [-0.2, 0) is 20.2 Å². The van der Waals surface area contributed by atoms with Gasteiger partial charge in [-0.15, -0.1) is 0 Å². The largest absolute Gasteiger partial charge is 0.485 e. The Kier molecular flexibility index (Phi) is 5.27. The molecule has 1 aromatic heterocycles. The fraction of sp³-hybridized carbons (Fsp3) is 0.467. The summed E-state index contributed by atoms with van der Waals surface area (Å²) in [6, 6.07) is 4.55. The number of nitrogens with one attached hydrogen (secondary N) is 1. The lowest BCUT2D eigenvalue weighted by Crippen LogP contribution is -2.19. The summed E-state index contributed by atoms with van der Waals surface area (Å²) in [6.45, 7) is 6.01. The van der Waals surface area contributed by atoms with Crippen LogP contribution in [-0.4, -0.2) is 21.3 Å². The Labute approximate surface area is 124 Å². The van der Waals surface area contributed by atoms with Gasteiger partial charge < -0.3 is 10.1 Å². The highest BCUT2D eigenvalue weighted by molar-refractivity contribution is 5.34. The van der Waals surface area contributed by atoms with Gasteiger partial charge in [-0.2, -0.15) is 5.10 Å². The van der Waals surface area contributed by atoms with E-state index in [1.165, 1.54) is 18.5 Å². The second-order valence-corrected chi connectivity index (χ2v) is 5.37. The average Bonchev–Trinajstić information content (AvgIpc) is 2.83. The maximum Gasteiger partial charge on any atom is 0.164 e. The Hall–Kier alpha value is -1.95. The molecule has 0 radical (unpaired) electrons. The summed E-state index contributed by atoms with van der Waals surface area (Å²) in [7, 11) is 1.81. The van der Waals surface area contributed by atoms with Gasteiger partial charge in [-0.3, -0.25) is 4.68 Å². The summed E-state index contributed by atoms with van der Waals surface area (Å²) >= 11 is 0. The van der Waals surface area contributed by atoms with E-state index in [-0.39, 0.29) is 5.82 Å². The second-order valence-electron chi connectivity index (χ2n) is 5.37. The van der Waals surface area contributed by atoms with E-state index in [4.69, 9.17) is 4.74 Å². The molecule has 0 fully saturated rings. The van der Waals surface area contributed by atoms with E-state index in [9.17, 15) is 4.39 Å². The van der Waals surface area contributed by atoms with E-state index in [1.807, 2.05) is 7.05 Å². The summed E-state index contributed by atoms with van der Waals surface area (Å²) < 4.78 is 20.8. The van der Waals surface area contributed by atoms with E-state index >= 15 is 0 Å². The molecule has 114 valence electrons. The Morgan fingerprint density at radius 1 is 1.38 bits per heavy atom. The zero-order valence-corrected chi connectivity index (χ0v) is 12.6. The zero-order valence-electron chi connectivity index (χ0n) is 12.6. The molecule has 0 spiro atoms. The summed E-state index contributed by atoms with van der Waals surface area (Å²) in [5.74, 6) is 1.67. The van der Waals surface area contributed by atoms with Crippen LogP contribution in [0.4, 0.5) is 4.39 Å². The fourth-order valence-corrected chi connectivity index (χ4v) is 1.92. The number of benzene rings is 1. The van der Waals surface area contributed by atoms with Gasteiger partial charge >= 0.3 is 0 Å². The van der Waals surface area contributed by atoms with E-state index in [1.54, 1.807) is 10.7 Å². The van der Waals surface area contributed by atoms with Gasteiger partial charge in [0.1, 0.15) is 24.5 Å². The molecule has 0 aliphatic rings. The van der Waals surface area contributed by atoms with Crippen molar-refractivity contribution in [2.24, 2.45) is 13.0 Å². The van der Waals surface area contributed by atoms with Crippen LogP contribution in [0, 0.1) is 11.7 Å². The summed E-state index contributed by atoms with van der Waals surface area (Å²) in [4.78, 5) is 4.10. The van der Waals surface area contributed by atoms with E-state index in [2.05, 4.69) is 29.2 Å². The average molecular weight is 292 g/mol. The number of rotatable bonds is 7. The van der Waals surface area contributed by atoms with Gasteiger partial charge in [0, 0.05) is 19.2 Å². The molecule has 1 aromatic carbocycles. The standard InChI is InChI=1S/C15H21FN4O/c1-11(2)7-17-8-12-6-13(16)4-5-14(12)21-9-15-18-10-19-20(15)3/h4-6,10-11,17H,7-9H2,1-3H3. The summed E-state index contributed by atoms with van der Waals surface area (Å²) in [6.07, 6.45) is 1.48. The Morgan fingerprint density at radius 3 is 2.86 bits per heavy atom. The number of hydrogen-bond donors (Lipinski definition) is 1. The summed E-state index contributed by atoms with van der Waals surface area (Å²) in [5, 5.41) is 7.28. The van der Waals surface area contributed by atoms with Gasteiger partial charge in [0.25, 0.3) is 0 Å². The highest BCUT2D eigenvalue weighted by Gasteiger charge is 2.08. The van der Waals surface area contributed by atoms with E-state index < -0.39 is 0 Å². The van der Waals surface area contributed by atoms with Crippen molar-refractivity contribution in [3.05, 3.63) is 41.7 Å². The topological polar surface area (TPSA) is 52.0 Å². The zero-order chi connectivity index (χ0) is 15.2. The van der Waals surface area contributed by atoms with Gasteiger partial charge in [-0.05, 0) is 30.7 Å². The second kappa shape index (κ2) is 7.17. The molecule has 6 heteroatoms. The predicted molar refractivity (Wildman–Crippen MR) is 78.3 cm³/mol. The normalized spacial score (nSPS) is 11.1. The first-order chi connectivity index (χ1) is 10.1. The smallest absolute Gasteiger partial charge is 0.164 e. The van der Waals surface area contributed by atoms with Gasteiger partial charge in [0.15, 0.2) is 5.82 Å². The Morgan fingerprint density at radius 2 is 2.19 bits per heavy atom. The highest BCUT2D eigenvalue weighted by Crippen LogP contribution is 2.20. The van der Waals surface area contributed by atoms with Crippen LogP contribution in [0.2, 0.25) is 0 Å². The predicted octanol–water partition coefficient (Wildman–Crippen LogP) is 2.28. The van der Waals surface area contributed by atoms with Crippen LogP contribution in [0.15, 0.2) is 24.5 Å². The monoisotopic (exact) mass is 292 g/mol. The molecule has 21 heavy (non-hydrogen) atoms. The van der Waals surface area contributed by atoms with Crippen LogP contribution in [0.25, 0.3) is 0 Å². The first-order valence-electron chi connectivity index (χ1n) is 7.01. The van der Waals surface area contributed by atoms with Crippen molar-refractivity contribution >= 4 is 0 Å². The van der Waals surface area contributed by atoms with Gasteiger partial charge in [0.05, 0.1) is 0 Å². The molecule has 0 aliphatic heterocycles. The van der Waals surface area contributed by atoms with Crippen LogP contribution in [0.1, 0.15) is 25.2 Å². The van der Waals surface area contributed by atoms with Gasteiger partial charge in [-0.1, -0.05) is 13.8 Å². The molecule has 1 N–H and O–H groups in total. The lowest BCUT2D eigenvalue weighted by Gasteiger charge is -2.13. The van der Waals surface area contributed by atoms with E-state index in [0.29, 0.717) is 24.8 Å². The number of ether oxygens (including phenoxy) is 1. The molecule has 0 unspecified atom stereocenters. The van der Waals surface area contributed by atoms with Gasteiger partial charge in [-0.25, -0.2) is 9.37 Å². The van der Waals surface area contributed by atoms with E-state index in [0.717, 1.165) is 17.9 Å². The molecule has 5 nitrogen and oxygen atoms in total. The van der Waals surface area contributed by atoms with Gasteiger partial charge in [0.2, 0.25) is 0 Å². The number of aryl methyl sites for hydroxylation is 1. The van der Waals surface area contributed by atoms with Crippen molar-refractivity contribution in [2.45, 2.75) is 27.0 Å². The molecule has 2 rings (SSSR count). The van der Waals surface area contributed by atoms with Crippen molar-refractivity contribution in [1.82, 2.24) is 20.1 Å². The quantitative estimate of drug-likeness (QED) is 0.850. The molecule has 2 aromatic rings. The van der Waals surface area contributed by atoms with Crippen LogP contribution >= 0.6 is 0 Å². The first-order valence-corrected chi connectivity index (χ1v) is 7.01. The number of nitrogens with zero attached hydrogens (tertiary/aromatic N) is 3. The molecule has 0 saturated heterocycles. The van der Waals surface area contributed by atoms with Crippen molar-refractivity contribution in [3.63, 3.8) is 0 Å². The maximum absolute atomic E-state index is 13.4. The molecule has 0 bridgehead atoms. The minimum atomic E-state index is -0.262. The van der Waals surface area contributed by atoms with Crippen molar-refractivity contribution < 1.29 is 9.13 Å². The molecule has 0 saturated carbocycles. The molecule has 0 amide bonds. The lowest BCUT2D eigenvalue weighted by atomic mass is 10.1. The van der Waals surface area contributed by atoms with Crippen molar-refractivity contribution in [3.8, 4) is 5.75 Å². The molecular weight excluding hydrogens is 271 g/mol. The molecule has 0 aliphatic carbocycles. The Bertz CT molecular complexity index is 583. The SMILES string of the molecule is CC(C)CNCc1cc(F)ccc1OCc1ncnn1C. The van der Waals surface area contributed by atoms with Crippen molar-refractivity contribution in [1.29, 1.82) is 0 Å². The Balaban J connectivity index is 2.02. The van der Waals surface area contributed by atoms with Crippen LogP contribution in [0.5, 0.6) is 5.75 Å². The third-order valence-corrected chi connectivity index (χ3v) is 3.05. The number of hydrogen-bond acceptors (Lipinski definition) is 4. The fourth-order valence-electron chi connectivity index (χ4n) is 1.92. The summed E-state index contributed by atoms with van der Waals surface area (Å²) in [5.41, 5.74) is 0.804. The molecule has 0 atom stereocenters. The molecule has 1 heterocycles. The number of aromatic nitrogens is 3. The minimum Gasteiger partial charge on any atom is -0.485 e. The minimum absolute atomic E-state index is 0.262. The van der Waals surface area contributed by atoms with Crippen molar-refractivity contribution in [2.75, 3.05) is 6.54 Å². The maximum atomic E-state index is 13.4. The molecular formula is C15H21FN4O. The third-order valence-electron chi connectivity index (χ3n) is 3.05. The third kappa shape index (κ3) is 4.53. The lowest BCUT2D eigenvalue weighted by molar-refractivity contribution is 0.285.